The van der Waals surface area contributed by atoms with Crippen molar-refractivity contribution in [3.8, 4) is 0 Å². The third-order valence-corrected chi connectivity index (χ3v) is 5.58. The molecule has 0 aromatic heterocycles. The molecular formula is C26H39N. The number of nitrogens with zero attached hydrogens (tertiary/aromatic N) is 1. The first-order valence-corrected chi connectivity index (χ1v) is 11.0. The van der Waals surface area contributed by atoms with Crippen LogP contribution in [-0.4, -0.2) is 11.4 Å². The molecule has 0 saturated heterocycles. The van der Waals surface area contributed by atoms with Gasteiger partial charge < -0.3 is 0 Å². The van der Waals surface area contributed by atoms with Gasteiger partial charge >= 0.3 is 0 Å². The Balaban J connectivity index is 1.90. The molecule has 0 heterocycles. The van der Waals surface area contributed by atoms with Gasteiger partial charge in [0.25, 0.3) is 0 Å². The fourth-order valence-corrected chi connectivity index (χ4v) is 3.66. The van der Waals surface area contributed by atoms with E-state index in [0.717, 1.165) is 25.4 Å². The first-order valence-electron chi connectivity index (χ1n) is 11.0. The zero-order valence-corrected chi connectivity index (χ0v) is 17.8. The number of unbranched alkanes of at least 4 members (excludes halogenated alkanes) is 3. The van der Waals surface area contributed by atoms with E-state index in [1.54, 1.807) is 0 Å². The van der Waals surface area contributed by atoms with E-state index >= 15 is 0 Å². The summed E-state index contributed by atoms with van der Waals surface area (Å²) in [5.41, 5.74) is 4.27. The van der Waals surface area contributed by atoms with Gasteiger partial charge in [0.2, 0.25) is 0 Å². The highest BCUT2D eigenvalue weighted by Crippen LogP contribution is 2.17. The molecule has 0 fully saturated rings. The predicted molar refractivity (Wildman–Crippen MR) is 119 cm³/mol. The average molecular weight is 366 g/mol. The topological polar surface area (TPSA) is 3.24 Å². The molecule has 0 aliphatic carbocycles. The van der Waals surface area contributed by atoms with E-state index < -0.39 is 0 Å². The van der Waals surface area contributed by atoms with E-state index in [2.05, 4.69) is 80.3 Å². The molecule has 0 amide bonds. The van der Waals surface area contributed by atoms with Crippen molar-refractivity contribution < 1.29 is 0 Å². The Morgan fingerprint density at radius 3 is 1.96 bits per heavy atom. The number of benzene rings is 2. The standard InChI is InChI=1S/C26H39N/c1-4-6-7-9-12-23(3)19-20-27(21-25-13-10-8-11-14-25)22-26-17-15-24(5-2)16-18-26/h8,10-11,13-18,23H,4-7,9,12,19-22H2,1-3H3. The van der Waals surface area contributed by atoms with E-state index in [-0.39, 0.29) is 0 Å². The Labute approximate surface area is 167 Å². The minimum absolute atomic E-state index is 0.822. The summed E-state index contributed by atoms with van der Waals surface area (Å²) < 4.78 is 0. The Morgan fingerprint density at radius 2 is 1.33 bits per heavy atom. The van der Waals surface area contributed by atoms with Crippen LogP contribution in [0.3, 0.4) is 0 Å². The summed E-state index contributed by atoms with van der Waals surface area (Å²) >= 11 is 0. The van der Waals surface area contributed by atoms with Crippen LogP contribution in [0, 0.1) is 5.92 Å². The zero-order valence-electron chi connectivity index (χ0n) is 17.8. The van der Waals surface area contributed by atoms with Gasteiger partial charge in [-0.15, -0.1) is 0 Å². The Kier molecular flexibility index (Phi) is 10.2. The molecular weight excluding hydrogens is 326 g/mol. The SMILES string of the molecule is CCCCCCC(C)CCN(Cc1ccccc1)Cc1ccc(CC)cc1. The van der Waals surface area contributed by atoms with Crippen LogP contribution >= 0.6 is 0 Å². The second-order valence-electron chi connectivity index (χ2n) is 8.11. The number of aryl methyl sites for hydroxylation is 1. The molecule has 148 valence electrons. The van der Waals surface area contributed by atoms with Crippen molar-refractivity contribution in [1.29, 1.82) is 0 Å². The van der Waals surface area contributed by atoms with Crippen molar-refractivity contribution >= 4 is 0 Å². The highest BCUT2D eigenvalue weighted by molar-refractivity contribution is 5.22. The molecule has 0 aliphatic rings. The second kappa shape index (κ2) is 12.7. The van der Waals surface area contributed by atoms with Gasteiger partial charge in [0, 0.05) is 13.1 Å². The smallest absolute Gasteiger partial charge is 0.0237 e. The normalized spacial score (nSPS) is 12.4. The molecule has 2 aromatic rings. The molecule has 0 spiro atoms. The molecule has 0 N–H and O–H groups in total. The van der Waals surface area contributed by atoms with Crippen molar-refractivity contribution in [2.45, 2.75) is 78.8 Å². The first kappa shape index (κ1) is 21.7. The highest BCUT2D eigenvalue weighted by Gasteiger charge is 2.10. The lowest BCUT2D eigenvalue weighted by atomic mass is 9.99. The van der Waals surface area contributed by atoms with Crippen LogP contribution in [-0.2, 0) is 19.5 Å². The monoisotopic (exact) mass is 365 g/mol. The molecule has 1 atom stereocenters. The quantitative estimate of drug-likeness (QED) is 0.338. The minimum atomic E-state index is 0.822. The van der Waals surface area contributed by atoms with Crippen LogP contribution in [0.2, 0.25) is 0 Å². The molecule has 1 heteroatoms. The molecule has 0 radical (unpaired) electrons. The van der Waals surface area contributed by atoms with Crippen LogP contribution in [0.25, 0.3) is 0 Å². The van der Waals surface area contributed by atoms with E-state index in [1.165, 1.54) is 61.8 Å². The third-order valence-electron chi connectivity index (χ3n) is 5.58. The van der Waals surface area contributed by atoms with Gasteiger partial charge in [-0.2, -0.15) is 0 Å². The summed E-state index contributed by atoms with van der Waals surface area (Å²) in [6, 6.07) is 20.1. The fraction of sp³-hybridized carbons (Fsp3) is 0.538. The summed E-state index contributed by atoms with van der Waals surface area (Å²) in [7, 11) is 0. The maximum atomic E-state index is 2.62. The molecule has 0 bridgehead atoms. The van der Waals surface area contributed by atoms with Gasteiger partial charge in [0.1, 0.15) is 0 Å². The number of hydrogen-bond donors (Lipinski definition) is 0. The molecule has 2 rings (SSSR count). The second-order valence-corrected chi connectivity index (χ2v) is 8.11. The van der Waals surface area contributed by atoms with Crippen LogP contribution < -0.4 is 0 Å². The van der Waals surface area contributed by atoms with Crippen LogP contribution in [0.5, 0.6) is 0 Å². The molecule has 2 aromatic carbocycles. The maximum Gasteiger partial charge on any atom is 0.0237 e. The first-order chi connectivity index (χ1) is 13.2. The lowest BCUT2D eigenvalue weighted by molar-refractivity contribution is 0.234. The van der Waals surface area contributed by atoms with Crippen molar-refractivity contribution in [3.63, 3.8) is 0 Å². The van der Waals surface area contributed by atoms with E-state index in [9.17, 15) is 0 Å². The van der Waals surface area contributed by atoms with Crippen LogP contribution in [0.1, 0.15) is 76.0 Å². The predicted octanol–water partition coefficient (Wildman–Crippen LogP) is 7.25. The maximum absolute atomic E-state index is 2.62. The summed E-state index contributed by atoms with van der Waals surface area (Å²) in [5.74, 6) is 0.822. The number of rotatable bonds is 13. The van der Waals surface area contributed by atoms with Crippen molar-refractivity contribution in [1.82, 2.24) is 4.90 Å². The lowest BCUT2D eigenvalue weighted by Crippen LogP contribution is -2.25. The van der Waals surface area contributed by atoms with Crippen molar-refractivity contribution in [2.75, 3.05) is 6.54 Å². The van der Waals surface area contributed by atoms with Crippen LogP contribution in [0.4, 0.5) is 0 Å². The number of hydrogen-bond acceptors (Lipinski definition) is 1. The van der Waals surface area contributed by atoms with Gasteiger partial charge in [0.05, 0.1) is 0 Å². The average Bonchev–Trinajstić information content (AvgIpc) is 2.71. The summed E-state index contributed by atoms with van der Waals surface area (Å²) in [6.45, 7) is 10.2. The Hall–Kier alpha value is -1.60. The van der Waals surface area contributed by atoms with E-state index in [1.807, 2.05) is 0 Å². The summed E-state index contributed by atoms with van der Waals surface area (Å²) in [6.07, 6.45) is 9.31. The van der Waals surface area contributed by atoms with Gasteiger partial charge in [-0.1, -0.05) is 107 Å². The van der Waals surface area contributed by atoms with Gasteiger partial charge in [-0.3, -0.25) is 4.90 Å². The molecule has 0 saturated carbocycles. The largest absolute Gasteiger partial charge is 0.295 e. The molecule has 1 nitrogen and oxygen atoms in total. The van der Waals surface area contributed by atoms with Crippen LogP contribution in [0.15, 0.2) is 54.6 Å². The van der Waals surface area contributed by atoms with Gasteiger partial charge in [-0.25, -0.2) is 0 Å². The third kappa shape index (κ3) is 8.75. The molecule has 27 heavy (non-hydrogen) atoms. The zero-order chi connectivity index (χ0) is 19.3. The fourth-order valence-electron chi connectivity index (χ4n) is 3.66. The van der Waals surface area contributed by atoms with Crippen molar-refractivity contribution in [2.24, 2.45) is 5.92 Å². The summed E-state index contributed by atoms with van der Waals surface area (Å²) in [5, 5.41) is 0. The highest BCUT2D eigenvalue weighted by atomic mass is 15.1. The lowest BCUT2D eigenvalue weighted by Gasteiger charge is -2.24. The van der Waals surface area contributed by atoms with Gasteiger partial charge in [0.15, 0.2) is 0 Å². The molecule has 0 aliphatic heterocycles. The summed E-state index contributed by atoms with van der Waals surface area (Å²) in [4.78, 5) is 2.62. The Bertz CT molecular complexity index is 602. The van der Waals surface area contributed by atoms with E-state index in [4.69, 9.17) is 0 Å². The molecule has 1 unspecified atom stereocenters. The van der Waals surface area contributed by atoms with Gasteiger partial charge in [-0.05, 0) is 42.0 Å². The Morgan fingerprint density at radius 1 is 0.704 bits per heavy atom. The van der Waals surface area contributed by atoms with E-state index in [0.29, 0.717) is 0 Å². The van der Waals surface area contributed by atoms with Crippen molar-refractivity contribution in [3.05, 3.63) is 71.3 Å². The minimum Gasteiger partial charge on any atom is -0.295 e.